The standard InChI is InChI=1S/C18H24N2O3/c1-10-5-11(2)8-19(7-10)14(21)9-20-17(22)15-12-3-4-13(6-12)16(15)18(20)23/h3-4,10-13,15-16H,5-9H2,1-2H3/t10-,11-,12-,13+,15-,16+/m1/s1. The molecule has 4 aliphatic rings. The van der Waals surface area contributed by atoms with E-state index in [4.69, 9.17) is 0 Å². The van der Waals surface area contributed by atoms with E-state index in [1.54, 1.807) is 0 Å². The van der Waals surface area contributed by atoms with Gasteiger partial charge < -0.3 is 4.90 Å². The number of piperidine rings is 1. The third-order valence-electron chi connectivity index (χ3n) is 6.08. The Balaban J connectivity index is 1.46. The molecule has 2 saturated heterocycles. The Bertz CT molecular complexity index is 559. The molecule has 5 heteroatoms. The number of likely N-dealkylation sites (tertiary alicyclic amines) is 2. The van der Waals surface area contributed by atoms with Gasteiger partial charge in [0.25, 0.3) is 0 Å². The first kappa shape index (κ1) is 14.9. The van der Waals surface area contributed by atoms with Gasteiger partial charge >= 0.3 is 0 Å². The third kappa shape index (κ3) is 2.24. The monoisotopic (exact) mass is 316 g/mol. The predicted octanol–water partition coefficient (Wildman–Crippen LogP) is 1.30. The van der Waals surface area contributed by atoms with E-state index in [2.05, 4.69) is 26.0 Å². The lowest BCUT2D eigenvalue weighted by Crippen LogP contribution is -2.48. The number of allylic oxidation sites excluding steroid dienone is 2. The van der Waals surface area contributed by atoms with Gasteiger partial charge in [-0.25, -0.2) is 0 Å². The van der Waals surface area contributed by atoms with Crippen LogP contribution in [0.5, 0.6) is 0 Å². The van der Waals surface area contributed by atoms with E-state index in [0.717, 1.165) is 25.9 Å². The molecule has 2 bridgehead atoms. The topological polar surface area (TPSA) is 57.7 Å². The molecule has 0 N–H and O–H groups in total. The van der Waals surface area contributed by atoms with E-state index < -0.39 is 0 Å². The van der Waals surface area contributed by atoms with Gasteiger partial charge in [0, 0.05) is 13.1 Å². The SMILES string of the molecule is C[C@@H]1C[C@@H](C)CN(C(=O)CN2C(=O)[C@@H]3[C@H](C2=O)[C@@H]2C=C[C@H]3C2)C1. The molecule has 2 heterocycles. The van der Waals surface area contributed by atoms with Gasteiger partial charge in [0.05, 0.1) is 11.8 Å². The summed E-state index contributed by atoms with van der Waals surface area (Å²) in [5, 5.41) is 0. The fourth-order valence-corrected chi connectivity index (χ4v) is 5.22. The molecule has 2 aliphatic carbocycles. The van der Waals surface area contributed by atoms with Crippen LogP contribution in [-0.4, -0.2) is 47.2 Å². The van der Waals surface area contributed by atoms with Crippen molar-refractivity contribution in [2.45, 2.75) is 26.7 Å². The summed E-state index contributed by atoms with van der Waals surface area (Å²) in [6, 6.07) is 0. The third-order valence-corrected chi connectivity index (χ3v) is 6.08. The van der Waals surface area contributed by atoms with Crippen molar-refractivity contribution >= 4 is 17.7 Å². The van der Waals surface area contributed by atoms with Crippen LogP contribution in [0.4, 0.5) is 0 Å². The highest BCUT2D eigenvalue weighted by atomic mass is 16.2. The number of carbonyl (C=O) groups excluding carboxylic acids is 3. The fraction of sp³-hybridized carbons (Fsp3) is 0.722. The van der Waals surface area contributed by atoms with E-state index in [0.29, 0.717) is 11.8 Å². The molecule has 0 unspecified atom stereocenters. The molecule has 0 radical (unpaired) electrons. The molecule has 5 nitrogen and oxygen atoms in total. The number of nitrogens with zero attached hydrogens (tertiary/aromatic N) is 2. The van der Waals surface area contributed by atoms with Crippen molar-refractivity contribution in [1.29, 1.82) is 0 Å². The molecule has 124 valence electrons. The Morgan fingerprint density at radius 1 is 1.00 bits per heavy atom. The van der Waals surface area contributed by atoms with Gasteiger partial charge in [0.1, 0.15) is 6.54 Å². The maximum atomic E-state index is 12.6. The van der Waals surface area contributed by atoms with Crippen LogP contribution in [0.1, 0.15) is 26.7 Å². The first-order chi connectivity index (χ1) is 11.0. The minimum Gasteiger partial charge on any atom is -0.341 e. The van der Waals surface area contributed by atoms with Crippen molar-refractivity contribution < 1.29 is 14.4 Å². The Morgan fingerprint density at radius 3 is 2.04 bits per heavy atom. The molecule has 0 aromatic rings. The zero-order chi connectivity index (χ0) is 16.3. The first-order valence-corrected chi connectivity index (χ1v) is 8.77. The molecule has 0 aromatic heterocycles. The quantitative estimate of drug-likeness (QED) is 0.570. The van der Waals surface area contributed by atoms with Crippen LogP contribution < -0.4 is 0 Å². The second-order valence-corrected chi connectivity index (χ2v) is 8.01. The molecule has 1 saturated carbocycles. The number of imide groups is 1. The summed E-state index contributed by atoms with van der Waals surface area (Å²) in [4.78, 5) is 40.9. The van der Waals surface area contributed by atoms with Crippen LogP contribution in [0.3, 0.4) is 0 Å². The maximum absolute atomic E-state index is 12.6. The number of carbonyl (C=O) groups is 3. The van der Waals surface area contributed by atoms with Crippen molar-refractivity contribution in [1.82, 2.24) is 9.80 Å². The minimum absolute atomic E-state index is 0.0659. The average molecular weight is 316 g/mol. The Kier molecular flexibility index (Phi) is 3.36. The van der Waals surface area contributed by atoms with Gasteiger partial charge in [0.15, 0.2) is 0 Å². The normalized spacial score (nSPS) is 41.8. The van der Waals surface area contributed by atoms with Gasteiger partial charge in [-0.3, -0.25) is 19.3 Å². The number of hydrogen-bond acceptors (Lipinski definition) is 3. The van der Waals surface area contributed by atoms with Crippen LogP contribution in [0, 0.1) is 35.5 Å². The summed E-state index contributed by atoms with van der Waals surface area (Å²) in [6.07, 6.45) is 6.22. The summed E-state index contributed by atoms with van der Waals surface area (Å²) < 4.78 is 0. The van der Waals surface area contributed by atoms with Gasteiger partial charge in [-0.15, -0.1) is 0 Å². The molecule has 3 fully saturated rings. The summed E-state index contributed by atoms with van der Waals surface area (Å²) in [5.74, 6) is 0.637. The lowest BCUT2D eigenvalue weighted by Gasteiger charge is -2.35. The van der Waals surface area contributed by atoms with Crippen molar-refractivity contribution in [3.8, 4) is 0 Å². The van der Waals surface area contributed by atoms with E-state index in [-0.39, 0.29) is 47.9 Å². The Hall–Kier alpha value is -1.65. The molecule has 4 rings (SSSR count). The molecular formula is C18H24N2O3. The van der Waals surface area contributed by atoms with E-state index in [9.17, 15) is 14.4 Å². The Morgan fingerprint density at radius 2 is 1.52 bits per heavy atom. The summed E-state index contributed by atoms with van der Waals surface area (Å²) in [7, 11) is 0. The van der Waals surface area contributed by atoms with Crippen LogP contribution in [-0.2, 0) is 14.4 Å². The molecule has 3 amide bonds. The lowest BCUT2D eigenvalue weighted by atomic mass is 9.85. The Labute approximate surface area is 136 Å². The second kappa shape index (κ2) is 5.18. The van der Waals surface area contributed by atoms with Gasteiger partial charge in [-0.2, -0.15) is 0 Å². The maximum Gasteiger partial charge on any atom is 0.242 e. The second-order valence-electron chi connectivity index (χ2n) is 8.01. The molecule has 2 aliphatic heterocycles. The highest BCUT2D eigenvalue weighted by Crippen LogP contribution is 2.52. The molecule has 0 aromatic carbocycles. The zero-order valence-electron chi connectivity index (χ0n) is 13.8. The summed E-state index contributed by atoms with van der Waals surface area (Å²) >= 11 is 0. The van der Waals surface area contributed by atoms with Crippen LogP contribution in [0.2, 0.25) is 0 Å². The van der Waals surface area contributed by atoms with Crippen molar-refractivity contribution in [3.63, 3.8) is 0 Å². The number of fused-ring (bicyclic) bond motifs is 5. The molecule has 23 heavy (non-hydrogen) atoms. The fourth-order valence-electron chi connectivity index (χ4n) is 5.22. The van der Waals surface area contributed by atoms with Gasteiger partial charge in [0.2, 0.25) is 17.7 Å². The van der Waals surface area contributed by atoms with Crippen LogP contribution in [0.15, 0.2) is 12.2 Å². The van der Waals surface area contributed by atoms with Crippen LogP contribution in [0.25, 0.3) is 0 Å². The largest absolute Gasteiger partial charge is 0.341 e. The number of amides is 3. The van der Waals surface area contributed by atoms with Crippen molar-refractivity contribution in [2.24, 2.45) is 35.5 Å². The van der Waals surface area contributed by atoms with Gasteiger partial charge in [-0.05, 0) is 36.5 Å². The lowest BCUT2D eigenvalue weighted by molar-refractivity contribution is -0.148. The zero-order valence-corrected chi connectivity index (χ0v) is 13.8. The van der Waals surface area contributed by atoms with Crippen molar-refractivity contribution in [3.05, 3.63) is 12.2 Å². The summed E-state index contributed by atoms with van der Waals surface area (Å²) in [5.41, 5.74) is 0. The highest BCUT2D eigenvalue weighted by molar-refractivity contribution is 6.08. The van der Waals surface area contributed by atoms with Crippen LogP contribution >= 0.6 is 0 Å². The molecule has 6 atom stereocenters. The minimum atomic E-state index is -0.204. The number of rotatable bonds is 2. The molecular weight excluding hydrogens is 292 g/mol. The number of hydrogen-bond donors (Lipinski definition) is 0. The predicted molar refractivity (Wildman–Crippen MR) is 84.0 cm³/mol. The van der Waals surface area contributed by atoms with E-state index in [1.807, 2.05) is 4.90 Å². The van der Waals surface area contributed by atoms with Crippen molar-refractivity contribution in [2.75, 3.05) is 19.6 Å². The summed E-state index contributed by atoms with van der Waals surface area (Å²) in [6.45, 7) is 5.70. The highest BCUT2D eigenvalue weighted by Gasteiger charge is 2.59. The van der Waals surface area contributed by atoms with E-state index >= 15 is 0 Å². The molecule has 0 spiro atoms. The average Bonchev–Trinajstić information content (AvgIpc) is 3.16. The first-order valence-electron chi connectivity index (χ1n) is 8.77. The smallest absolute Gasteiger partial charge is 0.242 e. The van der Waals surface area contributed by atoms with Gasteiger partial charge in [-0.1, -0.05) is 26.0 Å². The van der Waals surface area contributed by atoms with E-state index in [1.165, 1.54) is 4.90 Å².